The van der Waals surface area contributed by atoms with Gasteiger partial charge in [-0.1, -0.05) is 0 Å². The topological polar surface area (TPSA) is 49.9 Å². The van der Waals surface area contributed by atoms with Gasteiger partial charge in [-0.2, -0.15) is 13.2 Å². The molecule has 5 nitrogen and oxygen atoms in total. The van der Waals surface area contributed by atoms with Crippen molar-refractivity contribution in [2.45, 2.75) is 23.9 Å². The molecule has 4 rings (SSSR count). The SMILES string of the molecule is COc1ccc(C(=O)N2CCSC23CCN(C(=O)c2ccc(C(F)(F)F)cc2)CC3)cc1. The van der Waals surface area contributed by atoms with Gasteiger partial charge in [-0.15, -0.1) is 11.8 Å². The second kappa shape index (κ2) is 8.69. The monoisotopic (exact) mass is 464 g/mol. The quantitative estimate of drug-likeness (QED) is 0.670. The highest BCUT2D eigenvalue weighted by molar-refractivity contribution is 8.00. The normalized spacial score (nSPS) is 18.1. The number of piperidine rings is 1. The van der Waals surface area contributed by atoms with E-state index in [2.05, 4.69) is 0 Å². The summed E-state index contributed by atoms with van der Waals surface area (Å²) in [5, 5.41) is 0. The summed E-state index contributed by atoms with van der Waals surface area (Å²) in [6.07, 6.45) is -3.20. The second-order valence-electron chi connectivity index (χ2n) is 7.85. The minimum absolute atomic E-state index is 0.0415. The highest BCUT2D eigenvalue weighted by Crippen LogP contribution is 2.44. The van der Waals surface area contributed by atoms with Gasteiger partial charge in [0, 0.05) is 36.5 Å². The van der Waals surface area contributed by atoms with Crippen LogP contribution in [0.4, 0.5) is 13.2 Å². The Labute approximate surface area is 188 Å². The molecule has 0 unspecified atom stereocenters. The maximum absolute atomic E-state index is 13.2. The van der Waals surface area contributed by atoms with E-state index in [4.69, 9.17) is 4.74 Å². The molecular weight excluding hydrogens is 441 g/mol. The van der Waals surface area contributed by atoms with Crippen molar-refractivity contribution in [2.75, 3.05) is 32.5 Å². The van der Waals surface area contributed by atoms with Crippen molar-refractivity contribution in [1.82, 2.24) is 9.80 Å². The molecule has 0 radical (unpaired) electrons. The molecule has 2 aliphatic heterocycles. The molecule has 32 heavy (non-hydrogen) atoms. The summed E-state index contributed by atoms with van der Waals surface area (Å²) >= 11 is 1.74. The third-order valence-corrected chi connectivity index (χ3v) is 7.60. The smallest absolute Gasteiger partial charge is 0.416 e. The Balaban J connectivity index is 1.43. The second-order valence-corrected chi connectivity index (χ2v) is 9.30. The molecule has 2 aromatic carbocycles. The van der Waals surface area contributed by atoms with Gasteiger partial charge < -0.3 is 14.5 Å². The number of methoxy groups -OCH3 is 1. The molecule has 1 spiro atoms. The van der Waals surface area contributed by atoms with Gasteiger partial charge in [-0.05, 0) is 61.4 Å². The number of halogens is 3. The number of carbonyl (C=O) groups excluding carboxylic acids is 2. The van der Waals surface area contributed by atoms with Gasteiger partial charge in [-0.3, -0.25) is 9.59 Å². The number of ether oxygens (including phenoxy) is 1. The Morgan fingerprint density at radius 2 is 1.47 bits per heavy atom. The van der Waals surface area contributed by atoms with E-state index in [-0.39, 0.29) is 22.2 Å². The number of alkyl halides is 3. The van der Waals surface area contributed by atoms with Crippen molar-refractivity contribution in [3.05, 3.63) is 65.2 Å². The number of amides is 2. The molecule has 0 saturated carbocycles. The lowest BCUT2D eigenvalue weighted by molar-refractivity contribution is -0.137. The van der Waals surface area contributed by atoms with Crippen molar-refractivity contribution in [2.24, 2.45) is 0 Å². The summed E-state index contributed by atoms with van der Waals surface area (Å²) in [6.45, 7) is 1.53. The molecule has 0 aromatic heterocycles. The van der Waals surface area contributed by atoms with Crippen LogP contribution in [0.5, 0.6) is 5.75 Å². The standard InChI is InChI=1S/C23H23F3N2O3S/c1-31-19-8-4-17(5-9-19)21(30)28-14-15-32-22(28)10-12-27(13-11-22)20(29)16-2-6-18(7-3-16)23(24,25)26/h2-9H,10-15H2,1H3. The van der Waals surface area contributed by atoms with Crippen molar-refractivity contribution in [1.29, 1.82) is 0 Å². The molecule has 2 amide bonds. The summed E-state index contributed by atoms with van der Waals surface area (Å²) < 4.78 is 43.5. The molecule has 170 valence electrons. The number of hydrogen-bond acceptors (Lipinski definition) is 4. The number of hydrogen-bond donors (Lipinski definition) is 0. The summed E-state index contributed by atoms with van der Waals surface area (Å²) in [7, 11) is 1.57. The zero-order chi connectivity index (χ0) is 22.9. The molecule has 9 heteroatoms. The molecule has 2 aromatic rings. The van der Waals surface area contributed by atoms with Crippen LogP contribution in [0.25, 0.3) is 0 Å². The number of thioether (sulfide) groups is 1. The predicted molar refractivity (Wildman–Crippen MR) is 116 cm³/mol. The van der Waals surface area contributed by atoms with Crippen molar-refractivity contribution < 1.29 is 27.5 Å². The maximum atomic E-state index is 13.2. The average molecular weight is 465 g/mol. The Morgan fingerprint density at radius 3 is 2.03 bits per heavy atom. The van der Waals surface area contributed by atoms with E-state index in [0.717, 1.165) is 17.9 Å². The fourth-order valence-corrected chi connectivity index (χ4v) is 5.70. The van der Waals surface area contributed by atoms with Gasteiger partial charge >= 0.3 is 6.18 Å². The lowest BCUT2D eigenvalue weighted by Gasteiger charge is -2.44. The average Bonchev–Trinajstić information content (AvgIpc) is 3.21. The van der Waals surface area contributed by atoms with Gasteiger partial charge in [0.2, 0.25) is 0 Å². The van der Waals surface area contributed by atoms with Crippen LogP contribution in [-0.4, -0.2) is 59.0 Å². The first kappa shape index (κ1) is 22.5. The number of likely N-dealkylation sites (tertiary alicyclic amines) is 1. The summed E-state index contributed by atoms with van der Waals surface area (Å²) in [4.78, 5) is 29.2. The predicted octanol–water partition coefficient (Wildman–Crippen LogP) is 4.54. The van der Waals surface area contributed by atoms with Crippen molar-refractivity contribution >= 4 is 23.6 Å². The van der Waals surface area contributed by atoms with E-state index in [1.807, 2.05) is 4.90 Å². The molecule has 2 heterocycles. The number of benzene rings is 2. The van der Waals surface area contributed by atoms with Gasteiger partial charge in [0.1, 0.15) is 5.75 Å². The summed E-state index contributed by atoms with van der Waals surface area (Å²) in [5.41, 5.74) is 0.0526. The molecule has 0 bridgehead atoms. The van der Waals surface area contributed by atoms with Crippen molar-refractivity contribution in [3.8, 4) is 5.75 Å². The largest absolute Gasteiger partial charge is 0.497 e. The zero-order valence-corrected chi connectivity index (χ0v) is 18.3. The fraction of sp³-hybridized carbons (Fsp3) is 0.391. The van der Waals surface area contributed by atoms with Gasteiger partial charge in [0.15, 0.2) is 0 Å². The van der Waals surface area contributed by atoms with Crippen LogP contribution in [-0.2, 0) is 6.18 Å². The van der Waals surface area contributed by atoms with Crippen LogP contribution in [0, 0.1) is 0 Å². The number of rotatable bonds is 3. The highest BCUT2D eigenvalue weighted by atomic mass is 32.2. The Hall–Kier alpha value is -2.68. The third kappa shape index (κ3) is 4.30. The first-order valence-corrected chi connectivity index (χ1v) is 11.3. The molecule has 2 aliphatic rings. The van der Waals surface area contributed by atoms with E-state index >= 15 is 0 Å². The first-order chi connectivity index (χ1) is 15.2. The highest BCUT2D eigenvalue weighted by Gasteiger charge is 2.47. The van der Waals surface area contributed by atoms with Gasteiger partial charge in [0.25, 0.3) is 11.8 Å². The van der Waals surface area contributed by atoms with Gasteiger partial charge in [-0.25, -0.2) is 0 Å². The summed E-state index contributed by atoms with van der Waals surface area (Å²) in [5.74, 6) is 1.18. The van der Waals surface area contributed by atoms with Crippen LogP contribution in [0.1, 0.15) is 39.1 Å². The lowest BCUT2D eigenvalue weighted by atomic mass is 10.00. The minimum Gasteiger partial charge on any atom is -0.497 e. The van der Waals surface area contributed by atoms with Gasteiger partial charge in [0.05, 0.1) is 17.5 Å². The third-order valence-electron chi connectivity index (χ3n) is 6.05. The molecule has 0 atom stereocenters. The molecule has 2 saturated heterocycles. The Morgan fingerprint density at radius 1 is 0.906 bits per heavy atom. The van der Waals surface area contributed by atoms with E-state index in [1.165, 1.54) is 12.1 Å². The van der Waals surface area contributed by atoms with Crippen molar-refractivity contribution in [3.63, 3.8) is 0 Å². The van der Waals surface area contributed by atoms with Crippen LogP contribution in [0.2, 0.25) is 0 Å². The minimum atomic E-state index is -4.43. The number of nitrogens with zero attached hydrogens (tertiary/aromatic N) is 2. The number of carbonyl (C=O) groups is 2. The zero-order valence-electron chi connectivity index (χ0n) is 17.5. The van der Waals surface area contributed by atoms with Crippen LogP contribution < -0.4 is 4.74 Å². The molecule has 2 fully saturated rings. The van der Waals surface area contributed by atoms with Crippen LogP contribution in [0.3, 0.4) is 0 Å². The van der Waals surface area contributed by atoms with E-state index < -0.39 is 11.7 Å². The van der Waals surface area contributed by atoms with E-state index in [1.54, 1.807) is 48.0 Å². The maximum Gasteiger partial charge on any atom is 0.416 e. The Kier molecular flexibility index (Phi) is 6.11. The van der Waals surface area contributed by atoms with E-state index in [9.17, 15) is 22.8 Å². The summed E-state index contributed by atoms with van der Waals surface area (Å²) in [6, 6.07) is 11.3. The lowest BCUT2D eigenvalue weighted by Crippen LogP contribution is -2.53. The molecular formula is C23H23F3N2O3S. The molecule has 0 aliphatic carbocycles. The fourth-order valence-electron chi connectivity index (χ4n) is 4.24. The Bertz CT molecular complexity index is 985. The van der Waals surface area contributed by atoms with E-state index in [0.29, 0.717) is 43.8 Å². The van der Waals surface area contributed by atoms with Crippen LogP contribution in [0.15, 0.2) is 48.5 Å². The van der Waals surface area contributed by atoms with Crippen LogP contribution >= 0.6 is 11.8 Å². The first-order valence-electron chi connectivity index (χ1n) is 10.3. The molecule has 0 N–H and O–H groups in total.